The highest BCUT2D eigenvalue weighted by Crippen LogP contribution is 2.38. The van der Waals surface area contributed by atoms with E-state index in [1.807, 2.05) is 6.07 Å². The molecule has 1 fully saturated rings. The molecule has 7 heteroatoms. The van der Waals surface area contributed by atoms with Gasteiger partial charge in [-0.05, 0) is 55.3 Å². The Bertz CT molecular complexity index is 1090. The highest BCUT2D eigenvalue weighted by atomic mass is 35.5. The number of benzene rings is 2. The Kier molecular flexibility index (Phi) is 4.70. The summed E-state index contributed by atoms with van der Waals surface area (Å²) in [5.74, 6) is 0.608. The van der Waals surface area contributed by atoms with Crippen LogP contribution in [-0.4, -0.2) is 33.6 Å². The number of ether oxygens (including phenoxy) is 1. The van der Waals surface area contributed by atoms with Crippen molar-refractivity contribution >= 4 is 38.0 Å². The summed E-state index contributed by atoms with van der Waals surface area (Å²) in [5, 5.41) is 1.32. The van der Waals surface area contributed by atoms with Crippen LogP contribution in [0.25, 0.3) is 10.9 Å². The van der Waals surface area contributed by atoms with E-state index in [4.69, 9.17) is 16.3 Å². The quantitative estimate of drug-likeness (QED) is 0.650. The van der Waals surface area contributed by atoms with Crippen molar-refractivity contribution in [2.45, 2.75) is 22.6 Å². The molecule has 0 N–H and O–H groups in total. The van der Waals surface area contributed by atoms with Gasteiger partial charge in [0.15, 0.2) is 0 Å². The highest BCUT2D eigenvalue weighted by Gasteiger charge is 2.28. The third-order valence-corrected chi connectivity index (χ3v) is 6.86. The minimum Gasteiger partial charge on any atom is -0.497 e. The molecule has 0 saturated carbocycles. The minimum absolute atomic E-state index is 0.212. The van der Waals surface area contributed by atoms with E-state index in [0.717, 1.165) is 36.8 Å². The van der Waals surface area contributed by atoms with Crippen LogP contribution >= 0.6 is 11.6 Å². The van der Waals surface area contributed by atoms with Gasteiger partial charge in [-0.15, -0.1) is 0 Å². The van der Waals surface area contributed by atoms with Crippen molar-refractivity contribution in [3.05, 3.63) is 53.7 Å². The minimum atomic E-state index is -3.74. The molecule has 0 radical (unpaired) electrons. The number of hydrogen-bond acceptors (Lipinski definition) is 5. The van der Waals surface area contributed by atoms with Gasteiger partial charge in [-0.25, -0.2) is 8.42 Å². The predicted molar refractivity (Wildman–Crippen MR) is 107 cm³/mol. The molecular formula is C20H19ClN2O3S. The number of aromatic nitrogens is 1. The summed E-state index contributed by atoms with van der Waals surface area (Å²) in [6, 6.07) is 11.8. The Morgan fingerprint density at radius 2 is 1.78 bits per heavy atom. The zero-order valence-electron chi connectivity index (χ0n) is 14.9. The maximum Gasteiger partial charge on any atom is 0.210 e. The van der Waals surface area contributed by atoms with Gasteiger partial charge in [-0.3, -0.25) is 4.98 Å². The molecule has 5 nitrogen and oxygen atoms in total. The first kappa shape index (κ1) is 18.1. The molecule has 1 aromatic heterocycles. The number of pyridine rings is 1. The van der Waals surface area contributed by atoms with Crippen LogP contribution in [0.2, 0.25) is 5.02 Å². The van der Waals surface area contributed by atoms with Crippen LogP contribution < -0.4 is 9.64 Å². The number of nitrogens with zero attached hydrogens (tertiary/aromatic N) is 2. The zero-order chi connectivity index (χ0) is 19.0. The second kappa shape index (κ2) is 7.02. The Balaban J connectivity index is 1.95. The standard InChI is InChI=1S/C20H19ClN2O3S/c1-26-15-5-7-16(8-6-15)27(24,25)19-13-22-18-9-4-14(21)12-17(18)20(19)23-10-2-3-11-23/h4-9,12-13H,2-3,10-11H2,1H3. The van der Waals surface area contributed by atoms with Crippen LogP contribution in [-0.2, 0) is 9.84 Å². The van der Waals surface area contributed by atoms with E-state index in [2.05, 4.69) is 9.88 Å². The average molecular weight is 403 g/mol. The molecule has 0 spiro atoms. The molecule has 0 amide bonds. The molecule has 2 aromatic carbocycles. The van der Waals surface area contributed by atoms with Crippen LogP contribution in [0.3, 0.4) is 0 Å². The van der Waals surface area contributed by atoms with Gasteiger partial charge < -0.3 is 9.64 Å². The maximum atomic E-state index is 13.4. The number of fused-ring (bicyclic) bond motifs is 1. The summed E-state index contributed by atoms with van der Waals surface area (Å²) >= 11 is 6.20. The lowest BCUT2D eigenvalue weighted by Gasteiger charge is -2.23. The molecule has 0 aliphatic carbocycles. The average Bonchev–Trinajstić information content (AvgIpc) is 3.21. The first-order valence-corrected chi connectivity index (χ1v) is 10.6. The van der Waals surface area contributed by atoms with Crippen molar-refractivity contribution in [2.75, 3.05) is 25.1 Å². The molecule has 0 bridgehead atoms. The number of rotatable bonds is 4. The number of methoxy groups -OCH3 is 1. The summed E-state index contributed by atoms with van der Waals surface area (Å²) in [6.45, 7) is 1.63. The lowest BCUT2D eigenvalue weighted by molar-refractivity contribution is 0.414. The Morgan fingerprint density at radius 3 is 2.44 bits per heavy atom. The SMILES string of the molecule is COc1ccc(S(=O)(=O)c2cnc3ccc(Cl)cc3c2N2CCCC2)cc1. The normalized spacial score (nSPS) is 14.7. The van der Waals surface area contributed by atoms with Gasteiger partial charge >= 0.3 is 0 Å². The Morgan fingerprint density at radius 1 is 1.07 bits per heavy atom. The van der Waals surface area contributed by atoms with Crippen molar-refractivity contribution in [3.63, 3.8) is 0 Å². The Hall–Kier alpha value is -2.31. The smallest absolute Gasteiger partial charge is 0.210 e. The van der Waals surface area contributed by atoms with Gasteiger partial charge in [-0.2, -0.15) is 0 Å². The van der Waals surface area contributed by atoms with E-state index >= 15 is 0 Å². The lowest BCUT2D eigenvalue weighted by atomic mass is 10.1. The zero-order valence-corrected chi connectivity index (χ0v) is 16.4. The molecule has 0 unspecified atom stereocenters. The fourth-order valence-electron chi connectivity index (χ4n) is 3.48. The molecule has 1 saturated heterocycles. The second-order valence-electron chi connectivity index (χ2n) is 6.51. The van der Waals surface area contributed by atoms with Gasteiger partial charge in [0.05, 0.1) is 23.2 Å². The van der Waals surface area contributed by atoms with Crippen LogP contribution in [0, 0.1) is 0 Å². The van der Waals surface area contributed by atoms with Crippen molar-refractivity contribution < 1.29 is 13.2 Å². The van der Waals surface area contributed by atoms with Crippen LogP contribution in [0.5, 0.6) is 5.75 Å². The fraction of sp³-hybridized carbons (Fsp3) is 0.250. The molecule has 3 aromatic rings. The molecule has 140 valence electrons. The molecule has 1 aliphatic heterocycles. The van der Waals surface area contributed by atoms with Gasteiger partial charge in [0.2, 0.25) is 9.84 Å². The van der Waals surface area contributed by atoms with Gasteiger partial charge in [0.25, 0.3) is 0 Å². The number of anilines is 1. The van der Waals surface area contributed by atoms with E-state index in [-0.39, 0.29) is 9.79 Å². The molecule has 1 aliphatic rings. The number of sulfone groups is 1. The van der Waals surface area contributed by atoms with E-state index in [0.29, 0.717) is 16.5 Å². The third-order valence-electron chi connectivity index (χ3n) is 4.85. The predicted octanol–water partition coefficient (Wildman–Crippen LogP) is 4.33. The van der Waals surface area contributed by atoms with Gasteiger partial charge in [-0.1, -0.05) is 11.6 Å². The first-order valence-electron chi connectivity index (χ1n) is 8.73. The fourth-order valence-corrected chi connectivity index (χ4v) is 5.08. The summed E-state index contributed by atoms with van der Waals surface area (Å²) in [5.41, 5.74) is 1.42. The summed E-state index contributed by atoms with van der Waals surface area (Å²) in [6.07, 6.45) is 3.53. The number of hydrogen-bond donors (Lipinski definition) is 0. The first-order chi connectivity index (χ1) is 13.0. The van der Waals surface area contributed by atoms with Crippen LogP contribution in [0.15, 0.2) is 58.5 Å². The molecular weight excluding hydrogens is 384 g/mol. The van der Waals surface area contributed by atoms with Crippen molar-refractivity contribution in [1.82, 2.24) is 4.98 Å². The third kappa shape index (κ3) is 3.24. The topological polar surface area (TPSA) is 59.5 Å². The van der Waals surface area contributed by atoms with Gasteiger partial charge in [0, 0.05) is 29.7 Å². The van der Waals surface area contributed by atoms with Crippen LogP contribution in [0.1, 0.15) is 12.8 Å². The van der Waals surface area contributed by atoms with Gasteiger partial charge in [0.1, 0.15) is 10.6 Å². The maximum absolute atomic E-state index is 13.4. The lowest BCUT2D eigenvalue weighted by Crippen LogP contribution is -2.21. The van der Waals surface area contributed by atoms with Crippen LogP contribution in [0.4, 0.5) is 5.69 Å². The summed E-state index contributed by atoms with van der Waals surface area (Å²) in [7, 11) is -2.19. The summed E-state index contributed by atoms with van der Waals surface area (Å²) < 4.78 is 31.9. The monoisotopic (exact) mass is 402 g/mol. The molecule has 2 heterocycles. The van der Waals surface area contributed by atoms with Crippen molar-refractivity contribution in [2.24, 2.45) is 0 Å². The van der Waals surface area contributed by atoms with E-state index in [9.17, 15) is 8.42 Å². The Labute approximate surface area is 163 Å². The van der Waals surface area contributed by atoms with E-state index < -0.39 is 9.84 Å². The highest BCUT2D eigenvalue weighted by molar-refractivity contribution is 7.91. The van der Waals surface area contributed by atoms with E-state index in [1.54, 1.807) is 43.5 Å². The second-order valence-corrected chi connectivity index (χ2v) is 8.86. The summed E-state index contributed by atoms with van der Waals surface area (Å²) in [4.78, 5) is 6.94. The molecule has 4 rings (SSSR count). The number of halogens is 1. The molecule has 27 heavy (non-hydrogen) atoms. The van der Waals surface area contributed by atoms with Crippen molar-refractivity contribution in [3.8, 4) is 5.75 Å². The molecule has 0 atom stereocenters. The van der Waals surface area contributed by atoms with E-state index in [1.165, 1.54) is 6.20 Å². The largest absolute Gasteiger partial charge is 0.497 e. The van der Waals surface area contributed by atoms with Crippen molar-refractivity contribution in [1.29, 1.82) is 0 Å².